The van der Waals surface area contributed by atoms with Crippen LogP contribution < -0.4 is 0 Å². The second-order valence-electron chi connectivity index (χ2n) is 4.48. The van der Waals surface area contributed by atoms with Gasteiger partial charge in [-0.25, -0.2) is 0 Å². The Labute approximate surface area is 102 Å². The molecular formula is C14H19NO2. The van der Waals surface area contributed by atoms with E-state index in [9.17, 15) is 4.79 Å². The Bertz CT molecular complexity index is 382. The number of benzene rings is 1. The predicted molar refractivity (Wildman–Crippen MR) is 67.4 cm³/mol. The molecule has 1 fully saturated rings. The number of Topliss-reactive ketones (excluding diaryl/α,β-unsaturated/α-hetero) is 1. The molecule has 1 aliphatic heterocycles. The molecule has 17 heavy (non-hydrogen) atoms. The predicted octanol–water partition coefficient (Wildman–Crippen LogP) is 1.90. The molecule has 0 spiro atoms. The molecule has 0 radical (unpaired) electrons. The lowest BCUT2D eigenvalue weighted by atomic mass is 10.0. The summed E-state index contributed by atoms with van der Waals surface area (Å²) in [6, 6.07) is 7.78. The van der Waals surface area contributed by atoms with Gasteiger partial charge in [-0.2, -0.15) is 0 Å². The Balaban J connectivity index is 1.98. The monoisotopic (exact) mass is 233 g/mol. The topological polar surface area (TPSA) is 29.5 Å². The molecule has 0 N–H and O–H groups in total. The number of hydrogen-bond donors (Lipinski definition) is 0. The summed E-state index contributed by atoms with van der Waals surface area (Å²) in [5.74, 6) is 0.213. The first kappa shape index (κ1) is 12.3. The quantitative estimate of drug-likeness (QED) is 0.747. The molecule has 0 aliphatic carbocycles. The largest absolute Gasteiger partial charge is 0.380 e. The fraction of sp³-hybridized carbons (Fsp3) is 0.500. The molecule has 2 rings (SSSR count). The second kappa shape index (κ2) is 5.94. The molecule has 0 unspecified atom stereocenters. The minimum absolute atomic E-state index is 0.213. The Kier molecular flexibility index (Phi) is 4.29. The van der Waals surface area contributed by atoms with Crippen LogP contribution in [-0.4, -0.2) is 43.5 Å². The van der Waals surface area contributed by atoms with Gasteiger partial charge in [0.15, 0.2) is 5.78 Å². The zero-order chi connectivity index (χ0) is 12.1. The van der Waals surface area contributed by atoms with Gasteiger partial charge >= 0.3 is 0 Å². The Hall–Kier alpha value is -1.19. The fourth-order valence-electron chi connectivity index (χ4n) is 2.13. The van der Waals surface area contributed by atoms with Crippen molar-refractivity contribution >= 4 is 5.78 Å². The van der Waals surface area contributed by atoms with Gasteiger partial charge in [0.2, 0.25) is 0 Å². The van der Waals surface area contributed by atoms with Crippen LogP contribution in [0.2, 0.25) is 0 Å². The molecule has 0 bridgehead atoms. The molecular weight excluding hydrogens is 214 g/mol. The molecule has 1 heterocycles. The summed E-state index contributed by atoms with van der Waals surface area (Å²) in [6.45, 7) is 5.86. The van der Waals surface area contributed by atoms with Crippen LogP contribution in [0.5, 0.6) is 0 Å². The molecule has 1 aromatic rings. The molecule has 3 heteroatoms. The van der Waals surface area contributed by atoms with E-state index in [0.717, 1.165) is 43.9 Å². The van der Waals surface area contributed by atoms with Gasteiger partial charge in [-0.3, -0.25) is 9.69 Å². The highest BCUT2D eigenvalue weighted by molar-refractivity contribution is 5.98. The third-order valence-corrected chi connectivity index (χ3v) is 3.13. The van der Waals surface area contributed by atoms with Crippen LogP contribution in [0.1, 0.15) is 22.3 Å². The first-order valence-corrected chi connectivity index (χ1v) is 6.16. The Morgan fingerprint density at radius 2 is 2.12 bits per heavy atom. The van der Waals surface area contributed by atoms with Gasteiger partial charge in [-0.15, -0.1) is 0 Å². The number of ether oxygens (including phenoxy) is 1. The normalized spacial score (nSPS) is 17.7. The molecule has 0 amide bonds. The lowest BCUT2D eigenvalue weighted by Crippen LogP contribution is -2.32. The van der Waals surface area contributed by atoms with Gasteiger partial charge in [-0.1, -0.05) is 24.3 Å². The highest BCUT2D eigenvalue weighted by atomic mass is 16.5. The van der Waals surface area contributed by atoms with Crippen molar-refractivity contribution in [3.63, 3.8) is 0 Å². The van der Waals surface area contributed by atoms with Crippen LogP contribution in [0.25, 0.3) is 0 Å². The molecule has 0 aromatic heterocycles. The first-order valence-electron chi connectivity index (χ1n) is 6.16. The maximum atomic E-state index is 12.2. The van der Waals surface area contributed by atoms with Gasteiger partial charge in [0.05, 0.1) is 13.2 Å². The molecule has 1 aromatic carbocycles. The number of aryl methyl sites for hydroxylation is 1. The zero-order valence-electron chi connectivity index (χ0n) is 10.3. The van der Waals surface area contributed by atoms with Crippen molar-refractivity contribution in [2.24, 2.45) is 0 Å². The summed E-state index contributed by atoms with van der Waals surface area (Å²) in [6.07, 6.45) is 1.01. The van der Waals surface area contributed by atoms with Crippen molar-refractivity contribution in [1.29, 1.82) is 0 Å². The SMILES string of the molecule is Cc1ccccc1C(=O)CN1CCCOCC1. The average Bonchev–Trinajstić information content (AvgIpc) is 2.58. The van der Waals surface area contributed by atoms with Crippen LogP contribution in [0, 0.1) is 6.92 Å². The average molecular weight is 233 g/mol. The van der Waals surface area contributed by atoms with Crippen molar-refractivity contribution < 1.29 is 9.53 Å². The molecule has 92 valence electrons. The molecule has 1 aliphatic rings. The summed E-state index contributed by atoms with van der Waals surface area (Å²) in [4.78, 5) is 14.3. The van der Waals surface area contributed by atoms with E-state index in [2.05, 4.69) is 4.90 Å². The number of hydrogen-bond acceptors (Lipinski definition) is 3. The van der Waals surface area contributed by atoms with E-state index in [-0.39, 0.29) is 5.78 Å². The van der Waals surface area contributed by atoms with Gasteiger partial charge in [-0.05, 0) is 18.9 Å². The molecule has 0 saturated carbocycles. The van der Waals surface area contributed by atoms with Crippen molar-refractivity contribution in [3.8, 4) is 0 Å². The van der Waals surface area contributed by atoms with Crippen molar-refractivity contribution in [1.82, 2.24) is 4.90 Å². The van der Waals surface area contributed by atoms with Crippen LogP contribution >= 0.6 is 0 Å². The summed E-state index contributed by atoms with van der Waals surface area (Å²) in [5, 5.41) is 0. The van der Waals surface area contributed by atoms with Crippen molar-refractivity contribution in [2.75, 3.05) is 32.8 Å². The number of rotatable bonds is 3. The molecule has 0 atom stereocenters. The number of carbonyl (C=O) groups is 1. The van der Waals surface area contributed by atoms with Crippen LogP contribution in [-0.2, 0) is 4.74 Å². The summed E-state index contributed by atoms with van der Waals surface area (Å²) >= 11 is 0. The second-order valence-corrected chi connectivity index (χ2v) is 4.48. The number of nitrogens with zero attached hydrogens (tertiary/aromatic N) is 1. The van der Waals surface area contributed by atoms with E-state index >= 15 is 0 Å². The third-order valence-electron chi connectivity index (χ3n) is 3.13. The van der Waals surface area contributed by atoms with E-state index in [1.54, 1.807) is 0 Å². The summed E-state index contributed by atoms with van der Waals surface area (Å²) in [5.41, 5.74) is 1.90. The molecule has 1 saturated heterocycles. The lowest BCUT2D eigenvalue weighted by molar-refractivity contribution is 0.0921. The highest BCUT2D eigenvalue weighted by Gasteiger charge is 2.15. The van der Waals surface area contributed by atoms with Gasteiger partial charge < -0.3 is 4.74 Å². The van der Waals surface area contributed by atoms with Gasteiger partial charge in [0, 0.05) is 25.3 Å². The van der Waals surface area contributed by atoms with Gasteiger partial charge in [0.25, 0.3) is 0 Å². The lowest BCUT2D eigenvalue weighted by Gasteiger charge is -2.18. The van der Waals surface area contributed by atoms with Crippen molar-refractivity contribution in [2.45, 2.75) is 13.3 Å². The van der Waals surface area contributed by atoms with E-state index in [1.165, 1.54) is 0 Å². The van der Waals surface area contributed by atoms with Gasteiger partial charge in [0.1, 0.15) is 0 Å². The first-order chi connectivity index (χ1) is 8.27. The minimum Gasteiger partial charge on any atom is -0.380 e. The number of ketones is 1. The summed E-state index contributed by atoms with van der Waals surface area (Å²) in [7, 11) is 0. The Morgan fingerprint density at radius 3 is 2.94 bits per heavy atom. The van der Waals surface area contributed by atoms with Crippen LogP contribution in [0.15, 0.2) is 24.3 Å². The van der Waals surface area contributed by atoms with E-state index in [1.807, 2.05) is 31.2 Å². The van der Waals surface area contributed by atoms with Crippen LogP contribution in [0.3, 0.4) is 0 Å². The zero-order valence-corrected chi connectivity index (χ0v) is 10.3. The van der Waals surface area contributed by atoms with E-state index in [4.69, 9.17) is 4.74 Å². The van der Waals surface area contributed by atoms with Crippen molar-refractivity contribution in [3.05, 3.63) is 35.4 Å². The standard InChI is InChI=1S/C14H19NO2/c1-12-5-2-3-6-13(12)14(16)11-15-7-4-9-17-10-8-15/h2-3,5-6H,4,7-11H2,1H3. The fourth-order valence-corrected chi connectivity index (χ4v) is 2.13. The number of carbonyl (C=O) groups excluding carboxylic acids is 1. The Morgan fingerprint density at radius 1 is 1.29 bits per heavy atom. The van der Waals surface area contributed by atoms with E-state index in [0.29, 0.717) is 6.54 Å². The smallest absolute Gasteiger partial charge is 0.177 e. The van der Waals surface area contributed by atoms with Crippen LogP contribution in [0.4, 0.5) is 0 Å². The highest BCUT2D eigenvalue weighted by Crippen LogP contribution is 2.09. The maximum Gasteiger partial charge on any atom is 0.177 e. The van der Waals surface area contributed by atoms with E-state index < -0.39 is 0 Å². The molecule has 3 nitrogen and oxygen atoms in total. The minimum atomic E-state index is 0.213. The third kappa shape index (κ3) is 3.38. The summed E-state index contributed by atoms with van der Waals surface area (Å²) < 4.78 is 5.38. The maximum absolute atomic E-state index is 12.2.